The fourth-order valence-corrected chi connectivity index (χ4v) is 5.21. The molecule has 4 rings (SSSR count). The molecule has 1 aliphatic carbocycles. The molecule has 134 valence electrons. The minimum Gasteiger partial charge on any atom is -0.388 e. The Morgan fingerprint density at radius 3 is 3.04 bits per heavy atom. The smallest absolute Gasteiger partial charge is 0.388 e. The van der Waals surface area contributed by atoms with Crippen molar-refractivity contribution in [3.8, 4) is 5.88 Å². The number of nitrogens with zero attached hydrogens (tertiary/aromatic N) is 2. The molecule has 10 heteroatoms. The minimum atomic E-state index is -3.57. The van der Waals surface area contributed by atoms with Gasteiger partial charge in [-0.1, -0.05) is 6.07 Å². The number of thiophene rings is 1. The number of rotatable bonds is 5. The van der Waals surface area contributed by atoms with E-state index in [2.05, 4.69) is 10.5 Å². The highest BCUT2D eigenvalue weighted by atomic mass is 32.2. The lowest BCUT2D eigenvalue weighted by Gasteiger charge is -2.24. The van der Waals surface area contributed by atoms with Gasteiger partial charge in [0.1, 0.15) is 9.97 Å². The molecule has 1 N–H and O–H groups in total. The van der Waals surface area contributed by atoms with E-state index in [4.69, 9.17) is 9.26 Å². The standard InChI is InChI=1S/C15H17N3O5S2/c19-15(16-8-10-3-4-10)22-14-11-9-18(6-5-12(11)23-17-14)25(20,21)13-2-1-7-24-13/h1-2,7,10H,3-6,8-9H2,(H,16,19). The zero-order chi connectivity index (χ0) is 17.4. The Morgan fingerprint density at radius 1 is 1.48 bits per heavy atom. The van der Waals surface area contributed by atoms with Gasteiger partial charge in [-0.25, -0.2) is 13.2 Å². The maximum absolute atomic E-state index is 12.7. The summed E-state index contributed by atoms with van der Waals surface area (Å²) in [5, 5.41) is 8.19. The van der Waals surface area contributed by atoms with E-state index >= 15 is 0 Å². The average molecular weight is 383 g/mol. The van der Waals surface area contributed by atoms with Crippen LogP contribution in [0, 0.1) is 5.92 Å². The molecule has 2 aromatic heterocycles. The van der Waals surface area contributed by atoms with Crippen LogP contribution in [0.3, 0.4) is 0 Å². The second-order valence-electron chi connectivity index (χ2n) is 6.12. The lowest BCUT2D eigenvalue weighted by atomic mass is 10.1. The Hall–Kier alpha value is -1.91. The summed E-state index contributed by atoms with van der Waals surface area (Å²) in [4.78, 5) is 11.8. The van der Waals surface area contributed by atoms with Crippen LogP contribution in [0.4, 0.5) is 4.79 Å². The molecule has 2 aromatic rings. The van der Waals surface area contributed by atoms with Crippen LogP contribution < -0.4 is 10.1 Å². The summed E-state index contributed by atoms with van der Waals surface area (Å²) < 4.78 is 37.4. The number of carbonyl (C=O) groups is 1. The van der Waals surface area contributed by atoms with E-state index in [-0.39, 0.29) is 16.6 Å². The molecule has 0 atom stereocenters. The number of fused-ring (bicyclic) bond motifs is 1. The molecule has 0 radical (unpaired) electrons. The zero-order valence-corrected chi connectivity index (χ0v) is 14.9. The van der Waals surface area contributed by atoms with Crippen LogP contribution in [0.15, 0.2) is 26.2 Å². The van der Waals surface area contributed by atoms with Crippen molar-refractivity contribution in [2.24, 2.45) is 5.92 Å². The van der Waals surface area contributed by atoms with E-state index in [0.29, 0.717) is 36.8 Å². The third-order valence-electron chi connectivity index (χ3n) is 4.27. The molecular formula is C15H17N3O5S2. The zero-order valence-electron chi connectivity index (χ0n) is 13.3. The molecule has 1 amide bonds. The second kappa shape index (κ2) is 6.43. The van der Waals surface area contributed by atoms with Crippen molar-refractivity contribution >= 4 is 27.5 Å². The van der Waals surface area contributed by atoms with Gasteiger partial charge in [0.25, 0.3) is 15.9 Å². The Labute approximate surface area is 148 Å². The number of hydrogen-bond acceptors (Lipinski definition) is 7. The van der Waals surface area contributed by atoms with Gasteiger partial charge in [0.05, 0.1) is 5.56 Å². The highest BCUT2D eigenvalue weighted by molar-refractivity contribution is 7.91. The second-order valence-corrected chi connectivity index (χ2v) is 9.24. The first kappa shape index (κ1) is 16.6. The molecule has 3 heterocycles. The monoisotopic (exact) mass is 383 g/mol. The number of nitrogens with one attached hydrogen (secondary N) is 1. The number of aromatic nitrogens is 1. The van der Waals surface area contributed by atoms with Crippen molar-refractivity contribution in [2.75, 3.05) is 13.1 Å². The first-order valence-corrected chi connectivity index (χ1v) is 10.3. The highest BCUT2D eigenvalue weighted by Gasteiger charge is 2.34. The maximum atomic E-state index is 12.7. The molecule has 1 fully saturated rings. The van der Waals surface area contributed by atoms with Gasteiger partial charge in [-0.05, 0) is 35.4 Å². The summed E-state index contributed by atoms with van der Waals surface area (Å²) in [6.07, 6.45) is 2.03. The van der Waals surface area contributed by atoms with Crippen LogP contribution in [0.5, 0.6) is 5.88 Å². The molecule has 2 aliphatic rings. The minimum absolute atomic E-state index is 0.0365. The summed E-state index contributed by atoms with van der Waals surface area (Å²) >= 11 is 1.17. The van der Waals surface area contributed by atoms with Crippen molar-refractivity contribution in [3.05, 3.63) is 28.8 Å². The van der Waals surface area contributed by atoms with Gasteiger partial charge in [-0.2, -0.15) is 4.31 Å². The molecular weight excluding hydrogens is 366 g/mol. The van der Waals surface area contributed by atoms with Crippen LogP contribution in [0.25, 0.3) is 0 Å². The van der Waals surface area contributed by atoms with Crippen LogP contribution >= 0.6 is 11.3 Å². The van der Waals surface area contributed by atoms with Crippen LogP contribution in [0.2, 0.25) is 0 Å². The number of amides is 1. The normalized spacial score (nSPS) is 17.9. The summed E-state index contributed by atoms with van der Waals surface area (Å²) in [6, 6.07) is 3.27. The Kier molecular flexibility index (Phi) is 4.26. The molecule has 0 saturated heterocycles. The average Bonchev–Trinajstić information content (AvgIpc) is 3.09. The number of sulfonamides is 1. The molecule has 0 spiro atoms. The van der Waals surface area contributed by atoms with Gasteiger partial charge in [0, 0.05) is 26.1 Å². The molecule has 0 aromatic carbocycles. The molecule has 0 unspecified atom stereocenters. The van der Waals surface area contributed by atoms with Gasteiger partial charge in [0.2, 0.25) is 0 Å². The fraction of sp³-hybridized carbons (Fsp3) is 0.467. The van der Waals surface area contributed by atoms with Gasteiger partial charge in [-0.3, -0.25) is 0 Å². The van der Waals surface area contributed by atoms with E-state index < -0.39 is 16.1 Å². The lowest BCUT2D eigenvalue weighted by molar-refractivity contribution is 0.194. The Bertz CT molecular complexity index is 871. The van der Waals surface area contributed by atoms with Crippen LogP contribution in [-0.2, 0) is 23.0 Å². The van der Waals surface area contributed by atoms with Crippen molar-refractivity contribution in [2.45, 2.75) is 30.0 Å². The van der Waals surface area contributed by atoms with E-state index in [0.717, 1.165) is 12.8 Å². The molecule has 1 saturated carbocycles. The highest BCUT2D eigenvalue weighted by Crippen LogP contribution is 2.32. The van der Waals surface area contributed by atoms with Gasteiger partial charge >= 0.3 is 6.09 Å². The fourth-order valence-electron chi connectivity index (χ4n) is 2.66. The van der Waals surface area contributed by atoms with E-state index in [1.807, 2.05) is 0 Å². The number of carbonyl (C=O) groups excluding carboxylic acids is 1. The first-order valence-electron chi connectivity index (χ1n) is 8.01. The van der Waals surface area contributed by atoms with E-state index in [1.165, 1.54) is 15.6 Å². The quantitative estimate of drug-likeness (QED) is 0.847. The van der Waals surface area contributed by atoms with Crippen LogP contribution in [0.1, 0.15) is 24.2 Å². The summed E-state index contributed by atoms with van der Waals surface area (Å²) in [5.41, 5.74) is 0.507. The van der Waals surface area contributed by atoms with Gasteiger partial charge in [-0.15, -0.1) is 11.3 Å². The topological polar surface area (TPSA) is 102 Å². The molecule has 0 bridgehead atoms. The SMILES string of the molecule is O=C(NCC1CC1)Oc1noc2c1CN(S(=O)(=O)c1cccs1)CC2. The molecule has 1 aliphatic heterocycles. The maximum Gasteiger partial charge on any atom is 0.414 e. The third-order valence-corrected chi connectivity index (χ3v) is 7.49. The van der Waals surface area contributed by atoms with Gasteiger partial charge in [0.15, 0.2) is 0 Å². The van der Waals surface area contributed by atoms with Crippen LogP contribution in [-0.4, -0.2) is 37.1 Å². The van der Waals surface area contributed by atoms with Crippen molar-refractivity contribution in [3.63, 3.8) is 0 Å². The number of ether oxygens (including phenoxy) is 1. The Balaban J connectivity index is 1.48. The third kappa shape index (κ3) is 3.42. The molecule has 25 heavy (non-hydrogen) atoms. The molecule has 8 nitrogen and oxygen atoms in total. The van der Waals surface area contributed by atoms with Crippen molar-refractivity contribution in [1.82, 2.24) is 14.8 Å². The van der Waals surface area contributed by atoms with Crippen molar-refractivity contribution < 1.29 is 22.5 Å². The largest absolute Gasteiger partial charge is 0.414 e. The Morgan fingerprint density at radius 2 is 2.32 bits per heavy atom. The van der Waals surface area contributed by atoms with Gasteiger partial charge < -0.3 is 14.6 Å². The summed E-state index contributed by atoms with van der Waals surface area (Å²) in [5.74, 6) is 1.13. The van der Waals surface area contributed by atoms with Crippen molar-refractivity contribution in [1.29, 1.82) is 0 Å². The number of hydrogen-bond donors (Lipinski definition) is 1. The summed E-state index contributed by atoms with van der Waals surface area (Å²) in [6.45, 7) is 0.956. The lowest BCUT2D eigenvalue weighted by Crippen LogP contribution is -2.35. The summed E-state index contributed by atoms with van der Waals surface area (Å²) in [7, 11) is -3.57. The van der Waals surface area contributed by atoms with E-state index in [9.17, 15) is 13.2 Å². The predicted octanol–water partition coefficient (Wildman–Crippen LogP) is 1.98. The first-order chi connectivity index (χ1) is 12.0. The predicted molar refractivity (Wildman–Crippen MR) is 88.9 cm³/mol. The van der Waals surface area contributed by atoms with E-state index in [1.54, 1.807) is 17.5 Å².